The van der Waals surface area contributed by atoms with E-state index in [9.17, 15) is 27.6 Å². The van der Waals surface area contributed by atoms with Gasteiger partial charge in [-0.2, -0.15) is 11.3 Å². The maximum Gasteiger partial charge on any atom is 0.333 e. The first-order valence-corrected chi connectivity index (χ1v) is 11.0. The summed E-state index contributed by atoms with van der Waals surface area (Å²) >= 11 is 6.71. The standard InChI is InChI=1S/C16H16ClNO8S2/c1-16(2)12(18-9(19)5-10(18)28(16,23)24)15(22)26-7-25-14(21)11(13(17)20)8-3-4-27-6-8/h3-4,6,10-12H,5,7H2,1-2H3/t10-,11?,12+/m1/s1. The van der Waals surface area contributed by atoms with Gasteiger partial charge < -0.3 is 14.4 Å². The normalized spacial score (nSPS) is 25.4. The third kappa shape index (κ3) is 3.11. The zero-order chi connectivity index (χ0) is 20.9. The van der Waals surface area contributed by atoms with Crippen molar-refractivity contribution < 1.29 is 37.1 Å². The topological polar surface area (TPSA) is 124 Å². The van der Waals surface area contributed by atoms with E-state index in [1.807, 2.05) is 0 Å². The first-order chi connectivity index (χ1) is 13.0. The number of ether oxygens (including phenoxy) is 2. The van der Waals surface area contributed by atoms with Crippen LogP contribution < -0.4 is 0 Å². The van der Waals surface area contributed by atoms with E-state index in [0.717, 1.165) is 4.90 Å². The van der Waals surface area contributed by atoms with Crippen LogP contribution in [-0.4, -0.2) is 59.4 Å². The van der Waals surface area contributed by atoms with E-state index in [4.69, 9.17) is 21.1 Å². The van der Waals surface area contributed by atoms with Gasteiger partial charge in [0.1, 0.15) is 11.4 Å². The molecule has 9 nitrogen and oxygen atoms in total. The van der Waals surface area contributed by atoms with E-state index >= 15 is 0 Å². The molecule has 2 aliphatic heterocycles. The van der Waals surface area contributed by atoms with Crippen LogP contribution in [0.5, 0.6) is 0 Å². The second-order valence-corrected chi connectivity index (χ2v) is 10.7. The molecule has 0 bridgehead atoms. The fraction of sp³-hybridized carbons (Fsp3) is 0.500. The van der Waals surface area contributed by atoms with E-state index < -0.39 is 61.8 Å². The second-order valence-electron chi connectivity index (χ2n) is 6.85. The number of β-lactam (4-membered cyclic amide) rings is 1. The summed E-state index contributed by atoms with van der Waals surface area (Å²) in [5, 5.41) is 1.21. The van der Waals surface area contributed by atoms with Gasteiger partial charge in [0.05, 0.1) is 11.2 Å². The molecule has 1 amide bonds. The largest absolute Gasteiger partial charge is 0.427 e. The molecule has 1 unspecified atom stereocenters. The van der Waals surface area contributed by atoms with Crippen molar-refractivity contribution in [3.05, 3.63) is 22.4 Å². The Morgan fingerprint density at radius 3 is 2.57 bits per heavy atom. The minimum Gasteiger partial charge on any atom is -0.427 e. The zero-order valence-electron chi connectivity index (χ0n) is 14.8. The first kappa shape index (κ1) is 20.7. The highest BCUT2D eigenvalue weighted by Crippen LogP contribution is 2.46. The molecule has 0 aliphatic carbocycles. The fourth-order valence-corrected chi connectivity index (χ4v) is 6.34. The summed E-state index contributed by atoms with van der Waals surface area (Å²) in [6.07, 6.45) is -0.176. The van der Waals surface area contributed by atoms with Crippen molar-refractivity contribution in [2.45, 2.75) is 42.3 Å². The minimum atomic E-state index is -3.75. The number of nitrogens with zero attached hydrogens (tertiary/aromatic N) is 1. The van der Waals surface area contributed by atoms with Gasteiger partial charge in [0.2, 0.25) is 17.9 Å². The van der Waals surface area contributed by atoms with Crippen molar-refractivity contribution in [2.75, 3.05) is 6.79 Å². The van der Waals surface area contributed by atoms with Crippen LogP contribution in [0, 0.1) is 0 Å². The third-order valence-electron chi connectivity index (χ3n) is 4.94. The molecule has 12 heteroatoms. The Hall–Kier alpha value is -1.98. The average Bonchev–Trinajstić information content (AvgIpc) is 3.13. The van der Waals surface area contributed by atoms with Crippen molar-refractivity contribution in [3.8, 4) is 0 Å². The Bertz CT molecular complexity index is 940. The number of rotatable bonds is 6. The smallest absolute Gasteiger partial charge is 0.333 e. The molecule has 0 saturated carbocycles. The number of sulfone groups is 1. The Kier molecular flexibility index (Phi) is 5.28. The lowest BCUT2D eigenvalue weighted by Crippen LogP contribution is -2.57. The molecular formula is C16H16ClNO8S2. The molecule has 0 spiro atoms. The van der Waals surface area contributed by atoms with E-state index in [-0.39, 0.29) is 6.42 Å². The fourth-order valence-electron chi connectivity index (χ4n) is 3.32. The highest BCUT2D eigenvalue weighted by Gasteiger charge is 2.68. The number of hydrogen-bond donors (Lipinski definition) is 0. The Morgan fingerprint density at radius 1 is 1.36 bits per heavy atom. The number of carbonyl (C=O) groups excluding carboxylic acids is 4. The van der Waals surface area contributed by atoms with Crippen LogP contribution in [0.25, 0.3) is 0 Å². The Labute approximate surface area is 169 Å². The molecule has 2 aliphatic rings. The Balaban J connectivity index is 1.65. The molecule has 0 radical (unpaired) electrons. The SMILES string of the molecule is CC1(C)[C@H](C(=O)OCOC(=O)C(C(=O)Cl)c2ccsc2)N2C(=O)C[C@H]2S1(=O)=O. The van der Waals surface area contributed by atoms with Crippen LogP contribution in [0.4, 0.5) is 0 Å². The van der Waals surface area contributed by atoms with E-state index in [2.05, 4.69) is 0 Å². The number of fused-ring (bicyclic) bond motifs is 1. The van der Waals surface area contributed by atoms with Crippen molar-refractivity contribution in [1.82, 2.24) is 4.90 Å². The molecule has 28 heavy (non-hydrogen) atoms. The number of thiophene rings is 1. The van der Waals surface area contributed by atoms with E-state index in [0.29, 0.717) is 5.56 Å². The average molecular weight is 450 g/mol. The summed E-state index contributed by atoms with van der Waals surface area (Å²) in [4.78, 5) is 48.9. The summed E-state index contributed by atoms with van der Waals surface area (Å²) in [5.74, 6) is -3.86. The number of hydrogen-bond acceptors (Lipinski definition) is 9. The van der Waals surface area contributed by atoms with Crippen LogP contribution in [0.1, 0.15) is 31.7 Å². The zero-order valence-corrected chi connectivity index (χ0v) is 17.2. The maximum absolute atomic E-state index is 12.5. The van der Waals surface area contributed by atoms with Gasteiger partial charge in [-0.25, -0.2) is 13.2 Å². The lowest BCUT2D eigenvalue weighted by molar-refractivity contribution is -0.176. The van der Waals surface area contributed by atoms with Crippen molar-refractivity contribution in [3.63, 3.8) is 0 Å². The molecule has 152 valence electrons. The lowest BCUT2D eigenvalue weighted by Gasteiger charge is -2.36. The van der Waals surface area contributed by atoms with E-state index in [1.165, 1.54) is 31.3 Å². The summed E-state index contributed by atoms with van der Waals surface area (Å²) in [6.45, 7) is 1.83. The molecule has 3 heterocycles. The highest BCUT2D eigenvalue weighted by atomic mass is 35.5. The summed E-state index contributed by atoms with van der Waals surface area (Å²) < 4.78 is 33.1. The summed E-state index contributed by atoms with van der Waals surface area (Å²) in [7, 11) is -3.75. The van der Waals surface area contributed by atoms with Gasteiger partial charge in [-0.1, -0.05) is 0 Å². The van der Waals surface area contributed by atoms with Gasteiger partial charge in [-0.05, 0) is 47.8 Å². The molecule has 3 rings (SSSR count). The molecule has 0 N–H and O–H groups in total. The lowest BCUT2D eigenvalue weighted by atomic mass is 9.98. The van der Waals surface area contributed by atoms with Crippen molar-refractivity contribution in [1.29, 1.82) is 0 Å². The quantitative estimate of drug-likeness (QED) is 0.205. The molecule has 3 atom stereocenters. The molecule has 2 saturated heterocycles. The minimum absolute atomic E-state index is 0.176. The second kappa shape index (κ2) is 7.12. The van der Waals surface area contributed by atoms with E-state index in [1.54, 1.807) is 10.8 Å². The Morgan fingerprint density at radius 2 is 2.04 bits per heavy atom. The monoisotopic (exact) mass is 449 g/mol. The van der Waals surface area contributed by atoms with Crippen LogP contribution in [0.3, 0.4) is 0 Å². The summed E-state index contributed by atoms with van der Waals surface area (Å²) in [5.41, 5.74) is 0.346. The van der Waals surface area contributed by atoms with Crippen molar-refractivity contribution in [2.24, 2.45) is 0 Å². The van der Waals surface area contributed by atoms with Crippen LogP contribution >= 0.6 is 22.9 Å². The van der Waals surface area contributed by atoms with Crippen molar-refractivity contribution >= 4 is 55.9 Å². The van der Waals surface area contributed by atoms with Crippen LogP contribution in [0.2, 0.25) is 0 Å². The van der Waals surface area contributed by atoms with Crippen LogP contribution in [0.15, 0.2) is 16.8 Å². The first-order valence-electron chi connectivity index (χ1n) is 8.09. The van der Waals surface area contributed by atoms with Gasteiger partial charge in [0.15, 0.2) is 15.8 Å². The maximum atomic E-state index is 12.5. The number of esters is 2. The molecule has 0 aromatic carbocycles. The number of carbonyl (C=O) groups is 4. The van der Waals surface area contributed by atoms with Gasteiger partial charge in [0, 0.05) is 0 Å². The highest BCUT2D eigenvalue weighted by molar-refractivity contribution is 7.93. The molecular weight excluding hydrogens is 434 g/mol. The predicted octanol–water partition coefficient (Wildman–Crippen LogP) is 0.775. The molecule has 1 aromatic rings. The molecule has 1 aromatic heterocycles. The van der Waals surface area contributed by atoms with Gasteiger partial charge in [0.25, 0.3) is 0 Å². The number of halogens is 1. The summed E-state index contributed by atoms with van der Waals surface area (Å²) in [6, 6.07) is 0.189. The number of amides is 1. The molecule has 2 fully saturated rings. The predicted molar refractivity (Wildman–Crippen MR) is 97.0 cm³/mol. The van der Waals surface area contributed by atoms with Gasteiger partial charge >= 0.3 is 11.9 Å². The van der Waals surface area contributed by atoms with Gasteiger partial charge in [-0.3, -0.25) is 14.4 Å². The third-order valence-corrected chi connectivity index (χ3v) is 8.66. The van der Waals surface area contributed by atoms with Crippen LogP contribution in [-0.2, 0) is 38.5 Å². The van der Waals surface area contributed by atoms with Gasteiger partial charge in [-0.15, -0.1) is 0 Å².